The molecule has 138 valence electrons. The summed E-state index contributed by atoms with van der Waals surface area (Å²) in [5.74, 6) is 1.93. The van der Waals surface area contributed by atoms with Crippen molar-refractivity contribution in [2.45, 2.75) is 39.0 Å². The van der Waals surface area contributed by atoms with Crippen molar-refractivity contribution in [3.8, 4) is 0 Å². The van der Waals surface area contributed by atoms with Crippen molar-refractivity contribution in [3.05, 3.63) is 12.4 Å². The molecule has 2 fully saturated rings. The lowest BCUT2D eigenvalue weighted by Crippen LogP contribution is -2.49. The van der Waals surface area contributed by atoms with Crippen LogP contribution in [0.4, 0.5) is 16.4 Å². The number of rotatable bonds is 5. The van der Waals surface area contributed by atoms with Crippen molar-refractivity contribution >= 4 is 17.7 Å². The van der Waals surface area contributed by atoms with Gasteiger partial charge in [-0.1, -0.05) is 13.3 Å². The fraction of sp³-hybridized carbons (Fsp3) is 0.722. The van der Waals surface area contributed by atoms with Crippen LogP contribution < -0.4 is 9.80 Å². The minimum atomic E-state index is -0.191. The van der Waals surface area contributed by atoms with E-state index in [0.717, 1.165) is 50.7 Å². The van der Waals surface area contributed by atoms with E-state index in [0.29, 0.717) is 19.7 Å². The Kier molecular flexibility index (Phi) is 6.30. The summed E-state index contributed by atoms with van der Waals surface area (Å²) in [6, 6.07) is 0. The molecule has 1 aromatic heterocycles. The van der Waals surface area contributed by atoms with Gasteiger partial charge in [0.05, 0.1) is 6.61 Å². The average molecular weight is 347 g/mol. The monoisotopic (exact) mass is 347 g/mol. The molecule has 1 aromatic rings. The molecule has 0 N–H and O–H groups in total. The molecule has 0 saturated carbocycles. The largest absolute Gasteiger partial charge is 0.449 e. The summed E-state index contributed by atoms with van der Waals surface area (Å²) in [5, 5.41) is 0. The highest BCUT2D eigenvalue weighted by Gasteiger charge is 2.26. The Morgan fingerprint density at radius 1 is 0.960 bits per heavy atom. The van der Waals surface area contributed by atoms with Crippen LogP contribution >= 0.6 is 0 Å². The Labute approximate surface area is 150 Å². The predicted molar refractivity (Wildman–Crippen MR) is 98.1 cm³/mol. The number of piperazine rings is 1. The van der Waals surface area contributed by atoms with E-state index in [9.17, 15) is 4.79 Å². The van der Waals surface area contributed by atoms with Gasteiger partial charge in [-0.05, 0) is 25.7 Å². The van der Waals surface area contributed by atoms with Gasteiger partial charge in [-0.3, -0.25) is 0 Å². The third-order valence-electron chi connectivity index (χ3n) is 4.88. The van der Waals surface area contributed by atoms with Gasteiger partial charge in [-0.15, -0.1) is 0 Å². The molecule has 0 radical (unpaired) electrons. The van der Waals surface area contributed by atoms with Crippen molar-refractivity contribution in [1.82, 2.24) is 14.9 Å². The maximum atomic E-state index is 12.1. The van der Waals surface area contributed by atoms with Gasteiger partial charge in [0, 0.05) is 51.7 Å². The molecule has 0 atom stereocenters. The van der Waals surface area contributed by atoms with Crippen LogP contribution in [-0.4, -0.2) is 66.8 Å². The molecular weight excluding hydrogens is 318 g/mol. The Balaban J connectivity index is 1.58. The number of hydrogen-bond donors (Lipinski definition) is 0. The van der Waals surface area contributed by atoms with Crippen LogP contribution in [0.2, 0.25) is 0 Å². The van der Waals surface area contributed by atoms with Crippen LogP contribution in [0.3, 0.4) is 0 Å². The summed E-state index contributed by atoms with van der Waals surface area (Å²) < 4.78 is 5.31. The van der Waals surface area contributed by atoms with Crippen LogP contribution in [0.25, 0.3) is 0 Å². The van der Waals surface area contributed by atoms with Gasteiger partial charge in [0.2, 0.25) is 0 Å². The Hall–Kier alpha value is -2.05. The van der Waals surface area contributed by atoms with Crippen LogP contribution in [0.15, 0.2) is 12.4 Å². The number of nitrogens with zero attached hydrogens (tertiary/aromatic N) is 5. The lowest BCUT2D eigenvalue weighted by molar-refractivity contribution is 0.0989. The Morgan fingerprint density at radius 3 is 2.16 bits per heavy atom. The second-order valence-electron chi connectivity index (χ2n) is 6.69. The lowest BCUT2D eigenvalue weighted by atomic mass is 10.1. The maximum Gasteiger partial charge on any atom is 0.409 e. The van der Waals surface area contributed by atoms with Crippen molar-refractivity contribution in [3.63, 3.8) is 0 Å². The first-order chi connectivity index (χ1) is 12.3. The molecule has 1 amide bonds. The third kappa shape index (κ3) is 4.52. The normalized spacial score (nSPS) is 18.4. The number of aromatic nitrogens is 2. The first kappa shape index (κ1) is 17.8. The summed E-state index contributed by atoms with van der Waals surface area (Å²) in [6.07, 6.45) is 9.02. The molecule has 3 rings (SSSR count). The van der Waals surface area contributed by atoms with Gasteiger partial charge in [0.1, 0.15) is 0 Å². The summed E-state index contributed by atoms with van der Waals surface area (Å²) in [5.41, 5.74) is 0. The molecular formula is C18H29N5O2. The van der Waals surface area contributed by atoms with Crippen LogP contribution in [-0.2, 0) is 4.74 Å². The van der Waals surface area contributed by atoms with Gasteiger partial charge in [0.15, 0.2) is 11.6 Å². The van der Waals surface area contributed by atoms with E-state index in [4.69, 9.17) is 4.74 Å². The van der Waals surface area contributed by atoms with E-state index >= 15 is 0 Å². The fourth-order valence-electron chi connectivity index (χ4n) is 3.37. The zero-order chi connectivity index (χ0) is 17.5. The molecule has 0 aromatic carbocycles. The molecule has 0 unspecified atom stereocenters. The molecule has 2 aliphatic rings. The van der Waals surface area contributed by atoms with Crippen LogP contribution in [0.5, 0.6) is 0 Å². The van der Waals surface area contributed by atoms with E-state index < -0.39 is 0 Å². The third-order valence-corrected chi connectivity index (χ3v) is 4.88. The zero-order valence-corrected chi connectivity index (χ0v) is 15.2. The van der Waals surface area contributed by atoms with Gasteiger partial charge < -0.3 is 19.4 Å². The minimum absolute atomic E-state index is 0.191. The molecule has 0 bridgehead atoms. The van der Waals surface area contributed by atoms with E-state index in [1.54, 1.807) is 17.3 Å². The number of carbonyl (C=O) groups excluding carboxylic acids is 1. The van der Waals surface area contributed by atoms with Crippen LogP contribution in [0.1, 0.15) is 39.0 Å². The Bertz CT molecular complexity index is 554. The van der Waals surface area contributed by atoms with Crippen LogP contribution in [0, 0.1) is 0 Å². The molecule has 3 heterocycles. The first-order valence-electron chi connectivity index (χ1n) is 9.52. The summed E-state index contributed by atoms with van der Waals surface area (Å²) in [6.45, 7) is 7.57. The maximum absolute atomic E-state index is 12.1. The quantitative estimate of drug-likeness (QED) is 0.763. The highest BCUT2D eigenvalue weighted by atomic mass is 16.6. The van der Waals surface area contributed by atoms with Crippen molar-refractivity contribution in [1.29, 1.82) is 0 Å². The van der Waals surface area contributed by atoms with Crippen molar-refractivity contribution in [2.24, 2.45) is 0 Å². The predicted octanol–water partition coefficient (Wildman–Crippen LogP) is 2.53. The number of hydrogen-bond acceptors (Lipinski definition) is 6. The summed E-state index contributed by atoms with van der Waals surface area (Å²) >= 11 is 0. The average Bonchev–Trinajstić information content (AvgIpc) is 2.69. The standard InChI is InChI=1S/C18H29N5O2/c1-2-3-15-25-18(24)23-13-11-22(12-14-23)17-16(19-7-8-20-17)21-9-5-4-6-10-21/h7-8H,2-6,9-15H2,1H3. The highest BCUT2D eigenvalue weighted by Crippen LogP contribution is 2.27. The molecule has 7 heteroatoms. The van der Waals surface area contributed by atoms with Gasteiger partial charge in [0.25, 0.3) is 0 Å². The second kappa shape index (κ2) is 8.87. The van der Waals surface area contributed by atoms with Gasteiger partial charge in [-0.2, -0.15) is 0 Å². The second-order valence-corrected chi connectivity index (χ2v) is 6.69. The Morgan fingerprint density at radius 2 is 1.56 bits per heavy atom. The molecule has 0 spiro atoms. The number of anilines is 2. The number of piperidine rings is 1. The fourth-order valence-corrected chi connectivity index (χ4v) is 3.37. The zero-order valence-electron chi connectivity index (χ0n) is 15.2. The summed E-state index contributed by atoms with van der Waals surface area (Å²) in [7, 11) is 0. The van der Waals surface area contributed by atoms with Crippen molar-refractivity contribution in [2.75, 3.05) is 55.7 Å². The minimum Gasteiger partial charge on any atom is -0.449 e. The topological polar surface area (TPSA) is 61.8 Å². The molecule has 2 saturated heterocycles. The number of amides is 1. The van der Waals surface area contributed by atoms with Gasteiger partial charge >= 0.3 is 6.09 Å². The summed E-state index contributed by atoms with van der Waals surface area (Å²) in [4.78, 5) is 27.7. The highest BCUT2D eigenvalue weighted by molar-refractivity contribution is 5.69. The van der Waals surface area contributed by atoms with E-state index in [-0.39, 0.29) is 6.09 Å². The first-order valence-corrected chi connectivity index (χ1v) is 9.52. The van der Waals surface area contributed by atoms with E-state index in [2.05, 4.69) is 26.7 Å². The lowest BCUT2D eigenvalue weighted by Gasteiger charge is -2.37. The molecule has 2 aliphatic heterocycles. The number of ether oxygens (including phenoxy) is 1. The number of carbonyl (C=O) groups is 1. The van der Waals surface area contributed by atoms with E-state index in [1.807, 2.05) is 0 Å². The molecule has 7 nitrogen and oxygen atoms in total. The smallest absolute Gasteiger partial charge is 0.409 e. The molecule has 25 heavy (non-hydrogen) atoms. The number of unbranched alkanes of at least 4 members (excludes halogenated alkanes) is 1. The molecule has 0 aliphatic carbocycles. The van der Waals surface area contributed by atoms with Gasteiger partial charge in [-0.25, -0.2) is 14.8 Å². The SMILES string of the molecule is CCCCOC(=O)N1CCN(c2nccnc2N2CCCCC2)CC1. The van der Waals surface area contributed by atoms with Crippen molar-refractivity contribution < 1.29 is 9.53 Å². The van der Waals surface area contributed by atoms with E-state index in [1.165, 1.54) is 19.3 Å².